The number of carbonyl (C=O) groups is 1. The Kier molecular flexibility index (Phi) is 7.03. The van der Waals surface area contributed by atoms with Crippen molar-refractivity contribution in [2.45, 2.75) is 18.6 Å². The predicted octanol–water partition coefficient (Wildman–Crippen LogP) is 6.96. The molecule has 4 aromatic rings. The monoisotopic (exact) mass is 501 g/mol. The summed E-state index contributed by atoms with van der Waals surface area (Å²) < 4.78 is 20.3. The first-order chi connectivity index (χ1) is 17.5. The van der Waals surface area contributed by atoms with Gasteiger partial charge in [-0.25, -0.2) is 9.18 Å². The van der Waals surface area contributed by atoms with E-state index in [1.165, 1.54) is 23.1 Å². The van der Waals surface area contributed by atoms with Crippen LogP contribution in [0.25, 0.3) is 11.1 Å². The van der Waals surface area contributed by atoms with Gasteiger partial charge in [-0.1, -0.05) is 96.5 Å². The van der Waals surface area contributed by atoms with Gasteiger partial charge in [-0.2, -0.15) is 0 Å². The third kappa shape index (κ3) is 4.85. The normalized spacial score (nSPS) is 13.1. The van der Waals surface area contributed by atoms with Crippen LogP contribution in [0.2, 0.25) is 5.02 Å². The lowest BCUT2D eigenvalue weighted by atomic mass is 9.98. The molecule has 0 spiro atoms. The first-order valence-electron chi connectivity index (χ1n) is 11.8. The molecule has 0 aromatic heterocycles. The molecular formula is C30H25ClFNO3. The van der Waals surface area contributed by atoms with Crippen molar-refractivity contribution in [1.82, 2.24) is 4.90 Å². The van der Waals surface area contributed by atoms with E-state index in [0.717, 1.165) is 27.8 Å². The second-order valence-electron chi connectivity index (χ2n) is 8.82. The molecule has 6 heteroatoms. The van der Waals surface area contributed by atoms with Crippen LogP contribution in [-0.4, -0.2) is 29.3 Å². The van der Waals surface area contributed by atoms with Crippen LogP contribution >= 0.6 is 11.6 Å². The number of aliphatic hydroxyl groups is 1. The fourth-order valence-electron chi connectivity index (χ4n) is 4.82. The second kappa shape index (κ2) is 10.5. The van der Waals surface area contributed by atoms with Crippen molar-refractivity contribution in [2.24, 2.45) is 0 Å². The van der Waals surface area contributed by atoms with Crippen molar-refractivity contribution < 1.29 is 19.0 Å². The molecular weight excluding hydrogens is 477 g/mol. The van der Waals surface area contributed by atoms with E-state index in [0.29, 0.717) is 0 Å². The Morgan fingerprint density at radius 3 is 2.14 bits per heavy atom. The maximum absolute atomic E-state index is 14.4. The molecule has 0 heterocycles. The highest BCUT2D eigenvalue weighted by atomic mass is 35.5. The molecule has 0 saturated heterocycles. The first-order valence-corrected chi connectivity index (χ1v) is 12.2. The zero-order chi connectivity index (χ0) is 25.1. The van der Waals surface area contributed by atoms with Crippen LogP contribution < -0.4 is 0 Å². The van der Waals surface area contributed by atoms with Gasteiger partial charge in [0, 0.05) is 23.0 Å². The molecule has 1 atom stereocenters. The second-order valence-corrected chi connectivity index (χ2v) is 9.23. The van der Waals surface area contributed by atoms with Gasteiger partial charge in [0.25, 0.3) is 0 Å². The van der Waals surface area contributed by atoms with E-state index in [4.69, 9.17) is 16.3 Å². The number of benzene rings is 4. The van der Waals surface area contributed by atoms with Crippen LogP contribution in [0.3, 0.4) is 0 Å². The highest BCUT2D eigenvalue weighted by Crippen LogP contribution is 2.44. The zero-order valence-corrected chi connectivity index (χ0v) is 20.2. The van der Waals surface area contributed by atoms with Gasteiger partial charge in [-0.05, 0) is 39.9 Å². The minimum absolute atomic E-state index is 0.0383. The molecule has 0 saturated carbocycles. The van der Waals surface area contributed by atoms with Crippen molar-refractivity contribution in [3.63, 3.8) is 0 Å². The minimum atomic E-state index is -1.32. The van der Waals surface area contributed by atoms with E-state index in [2.05, 4.69) is 24.3 Å². The SMILES string of the molecule is O=C(OCC1c2ccccc2-c2ccccc21)N(Cc1ccccc1)CC(O)c1c(F)cccc1Cl. The number of amides is 1. The summed E-state index contributed by atoms with van der Waals surface area (Å²) >= 11 is 6.16. The van der Waals surface area contributed by atoms with Crippen LogP contribution in [0, 0.1) is 5.82 Å². The van der Waals surface area contributed by atoms with Crippen molar-refractivity contribution >= 4 is 17.7 Å². The smallest absolute Gasteiger partial charge is 0.410 e. The summed E-state index contributed by atoms with van der Waals surface area (Å²) in [6.07, 6.45) is -1.91. The van der Waals surface area contributed by atoms with Gasteiger partial charge in [0.15, 0.2) is 0 Å². The van der Waals surface area contributed by atoms with Crippen molar-refractivity contribution in [3.05, 3.63) is 130 Å². The zero-order valence-electron chi connectivity index (χ0n) is 19.5. The van der Waals surface area contributed by atoms with E-state index < -0.39 is 18.0 Å². The molecule has 4 nitrogen and oxygen atoms in total. The number of halogens is 2. The molecule has 0 radical (unpaired) electrons. The quantitative estimate of drug-likeness (QED) is 0.297. The Morgan fingerprint density at radius 2 is 1.50 bits per heavy atom. The van der Waals surface area contributed by atoms with Crippen LogP contribution in [0.1, 0.15) is 34.3 Å². The maximum Gasteiger partial charge on any atom is 0.410 e. The number of carbonyl (C=O) groups excluding carboxylic acids is 1. The summed E-state index contributed by atoms with van der Waals surface area (Å²) in [6.45, 7) is 0.168. The third-order valence-electron chi connectivity index (χ3n) is 6.54. The van der Waals surface area contributed by atoms with E-state index in [1.807, 2.05) is 54.6 Å². The molecule has 1 aliphatic carbocycles. The number of aliphatic hydroxyl groups excluding tert-OH is 1. The molecule has 1 amide bonds. The topological polar surface area (TPSA) is 49.8 Å². The number of rotatable bonds is 7. The Bertz CT molecular complexity index is 1310. The van der Waals surface area contributed by atoms with Gasteiger partial charge >= 0.3 is 6.09 Å². The molecule has 0 bridgehead atoms. The first kappa shape index (κ1) is 24.0. The van der Waals surface area contributed by atoms with Crippen molar-refractivity contribution in [2.75, 3.05) is 13.2 Å². The van der Waals surface area contributed by atoms with Crippen molar-refractivity contribution in [1.29, 1.82) is 0 Å². The highest BCUT2D eigenvalue weighted by Gasteiger charge is 2.30. The molecule has 0 fully saturated rings. The summed E-state index contributed by atoms with van der Waals surface area (Å²) in [4.78, 5) is 14.7. The number of fused-ring (bicyclic) bond motifs is 3. The van der Waals surface area contributed by atoms with E-state index >= 15 is 0 Å². The Morgan fingerprint density at radius 1 is 0.889 bits per heavy atom. The van der Waals surface area contributed by atoms with E-state index in [9.17, 15) is 14.3 Å². The lowest BCUT2D eigenvalue weighted by Gasteiger charge is -2.26. The lowest BCUT2D eigenvalue weighted by molar-refractivity contribution is 0.0672. The number of ether oxygens (including phenoxy) is 1. The van der Waals surface area contributed by atoms with Gasteiger partial charge in [-0.3, -0.25) is 0 Å². The molecule has 1 N–H and O–H groups in total. The number of hydrogen-bond acceptors (Lipinski definition) is 3. The molecule has 1 unspecified atom stereocenters. The van der Waals surface area contributed by atoms with Crippen LogP contribution in [0.4, 0.5) is 9.18 Å². The van der Waals surface area contributed by atoms with Crippen LogP contribution in [0.5, 0.6) is 0 Å². The van der Waals surface area contributed by atoms with Crippen LogP contribution in [-0.2, 0) is 11.3 Å². The molecule has 5 rings (SSSR count). The van der Waals surface area contributed by atoms with Gasteiger partial charge in [0.1, 0.15) is 18.5 Å². The largest absolute Gasteiger partial charge is 0.448 e. The van der Waals surface area contributed by atoms with E-state index in [1.54, 1.807) is 0 Å². The minimum Gasteiger partial charge on any atom is -0.448 e. The van der Waals surface area contributed by atoms with Crippen molar-refractivity contribution in [3.8, 4) is 11.1 Å². The molecule has 36 heavy (non-hydrogen) atoms. The predicted molar refractivity (Wildman–Crippen MR) is 138 cm³/mol. The average Bonchev–Trinajstić information content (AvgIpc) is 3.21. The maximum atomic E-state index is 14.4. The lowest BCUT2D eigenvalue weighted by Crippen LogP contribution is -2.35. The molecule has 182 valence electrons. The summed E-state index contributed by atoms with van der Waals surface area (Å²) in [5.41, 5.74) is 5.32. The van der Waals surface area contributed by atoms with Gasteiger partial charge in [-0.15, -0.1) is 0 Å². The van der Waals surface area contributed by atoms with Gasteiger partial charge in [0.05, 0.1) is 6.54 Å². The van der Waals surface area contributed by atoms with Gasteiger partial charge < -0.3 is 14.7 Å². The number of hydrogen-bond donors (Lipinski definition) is 1. The standard InChI is InChI=1S/C30H25ClFNO3/c31-26-15-8-16-27(32)29(26)28(34)18-33(17-20-9-2-1-3-10-20)30(35)36-19-25-23-13-6-4-11-21(23)22-12-5-7-14-24(22)25/h1-16,25,28,34H,17-19H2. The fraction of sp³-hybridized carbons (Fsp3) is 0.167. The van der Waals surface area contributed by atoms with E-state index in [-0.39, 0.29) is 36.2 Å². The summed E-state index contributed by atoms with van der Waals surface area (Å²) in [5.74, 6) is -0.715. The number of nitrogens with zero attached hydrogens (tertiary/aromatic N) is 1. The van der Waals surface area contributed by atoms with Crippen LogP contribution in [0.15, 0.2) is 97.1 Å². The third-order valence-corrected chi connectivity index (χ3v) is 6.87. The summed E-state index contributed by atoms with van der Waals surface area (Å²) in [7, 11) is 0. The highest BCUT2D eigenvalue weighted by molar-refractivity contribution is 6.31. The summed E-state index contributed by atoms with van der Waals surface area (Å²) in [6, 6.07) is 29.8. The van der Waals surface area contributed by atoms with Gasteiger partial charge in [0.2, 0.25) is 0 Å². The summed E-state index contributed by atoms with van der Waals surface area (Å²) in [5, 5.41) is 11.0. The molecule has 0 aliphatic heterocycles. The molecule has 1 aliphatic rings. The Hall–Kier alpha value is -3.67. The Balaban J connectivity index is 1.37. The average molecular weight is 502 g/mol. The molecule has 4 aromatic carbocycles. The fourth-order valence-corrected chi connectivity index (χ4v) is 5.11. The Labute approximate surface area is 214 Å².